The van der Waals surface area contributed by atoms with Crippen molar-refractivity contribution in [1.82, 2.24) is 10.6 Å². The summed E-state index contributed by atoms with van der Waals surface area (Å²) in [5.41, 5.74) is 2.98. The molecule has 2 unspecified atom stereocenters. The predicted octanol–water partition coefficient (Wildman–Crippen LogP) is 6.51. The third kappa shape index (κ3) is 7.69. The first-order valence-corrected chi connectivity index (χ1v) is 12.9. The van der Waals surface area contributed by atoms with Crippen LogP contribution in [0.1, 0.15) is 65.9 Å². The maximum atomic E-state index is 13.0. The number of nitrogens with one attached hydrogen (secondary N) is 2. The Morgan fingerprint density at radius 2 is 1.54 bits per heavy atom. The van der Waals surface area contributed by atoms with Crippen molar-refractivity contribution in [3.63, 3.8) is 0 Å². The van der Waals surface area contributed by atoms with Crippen LogP contribution in [0, 0.1) is 5.92 Å². The summed E-state index contributed by atoms with van der Waals surface area (Å²) in [6, 6.07) is 26.7. The van der Waals surface area contributed by atoms with E-state index in [0.717, 1.165) is 30.7 Å². The number of carbonyl (C=O) groups excluding carboxylic acids is 2. The minimum absolute atomic E-state index is 0.150. The maximum absolute atomic E-state index is 13.0. The number of unbranched alkanes of at least 4 members (excludes halogenated alkanes) is 2. The molecule has 4 rings (SSSR count). The highest BCUT2D eigenvalue weighted by Crippen LogP contribution is 2.50. The summed E-state index contributed by atoms with van der Waals surface area (Å²) in [4.78, 5) is 25.7. The zero-order chi connectivity index (χ0) is 24.5. The van der Waals surface area contributed by atoms with Crippen LogP contribution in [-0.4, -0.2) is 17.9 Å². The highest BCUT2D eigenvalue weighted by atomic mass is 35.5. The number of carbonyl (C=O) groups is 2. The molecular formula is C30H33ClN2O2. The summed E-state index contributed by atoms with van der Waals surface area (Å²) in [5, 5.41) is 6.49. The summed E-state index contributed by atoms with van der Waals surface area (Å²) < 4.78 is 0. The number of hydrogen-bond acceptors (Lipinski definition) is 2. The van der Waals surface area contributed by atoms with E-state index in [4.69, 9.17) is 11.6 Å². The molecule has 5 heteroatoms. The van der Waals surface area contributed by atoms with E-state index in [2.05, 4.69) is 41.0 Å². The standard InChI is InChI=1S/C30H33ClN2O2/c31-26-18-16-24(17-19-26)29(34)33-28(30(35)32-21-22-10-4-1-5-11-22)15-9-3-8-14-25-20-27(25)23-12-6-2-7-13-23/h1-2,4-7,10-13,16-19,25,27-28H,3,8-9,14-15,20-21H2,(H,32,35)(H,33,34)/t25?,27?,28-/m0/s1. The van der Waals surface area contributed by atoms with E-state index in [0.29, 0.717) is 29.5 Å². The lowest BCUT2D eigenvalue weighted by molar-refractivity contribution is -0.123. The van der Waals surface area contributed by atoms with Gasteiger partial charge in [0.05, 0.1) is 0 Å². The van der Waals surface area contributed by atoms with Gasteiger partial charge in [-0.25, -0.2) is 0 Å². The van der Waals surface area contributed by atoms with E-state index >= 15 is 0 Å². The van der Waals surface area contributed by atoms with Gasteiger partial charge in [0.25, 0.3) is 5.91 Å². The lowest BCUT2D eigenvalue weighted by Crippen LogP contribution is -2.46. The molecule has 1 saturated carbocycles. The summed E-state index contributed by atoms with van der Waals surface area (Å²) in [6.07, 6.45) is 6.22. The Hall–Kier alpha value is -3.11. The molecule has 0 aromatic heterocycles. The molecule has 0 bridgehead atoms. The smallest absolute Gasteiger partial charge is 0.251 e. The molecule has 3 atom stereocenters. The van der Waals surface area contributed by atoms with Gasteiger partial charge in [-0.05, 0) is 66.5 Å². The van der Waals surface area contributed by atoms with Gasteiger partial charge in [-0.3, -0.25) is 9.59 Å². The third-order valence-corrected chi connectivity index (χ3v) is 7.01. The first-order valence-electron chi connectivity index (χ1n) is 12.5. The van der Waals surface area contributed by atoms with Gasteiger partial charge in [-0.15, -0.1) is 0 Å². The van der Waals surface area contributed by atoms with Crippen LogP contribution in [0.15, 0.2) is 84.9 Å². The van der Waals surface area contributed by atoms with Gasteiger partial charge in [-0.2, -0.15) is 0 Å². The minimum Gasteiger partial charge on any atom is -0.350 e. The van der Waals surface area contributed by atoms with E-state index < -0.39 is 6.04 Å². The lowest BCUT2D eigenvalue weighted by atomic mass is 10.0. The van der Waals surface area contributed by atoms with Gasteiger partial charge in [0.2, 0.25) is 5.91 Å². The Labute approximate surface area is 213 Å². The van der Waals surface area contributed by atoms with Crippen molar-refractivity contribution in [2.24, 2.45) is 5.92 Å². The molecule has 2 amide bonds. The molecule has 3 aromatic rings. The van der Waals surface area contributed by atoms with E-state index in [9.17, 15) is 9.59 Å². The van der Waals surface area contributed by atoms with Crippen LogP contribution in [-0.2, 0) is 11.3 Å². The van der Waals surface area contributed by atoms with Crippen molar-refractivity contribution in [3.8, 4) is 0 Å². The molecule has 0 aliphatic heterocycles. The van der Waals surface area contributed by atoms with Crippen molar-refractivity contribution < 1.29 is 9.59 Å². The van der Waals surface area contributed by atoms with Crippen molar-refractivity contribution in [1.29, 1.82) is 0 Å². The fourth-order valence-electron chi connectivity index (χ4n) is 4.63. The number of benzene rings is 3. The normalized spacial score (nSPS) is 17.4. The Kier molecular flexibility index (Phi) is 8.96. The summed E-state index contributed by atoms with van der Waals surface area (Å²) in [7, 11) is 0. The van der Waals surface area contributed by atoms with Crippen molar-refractivity contribution in [2.45, 2.75) is 57.0 Å². The monoisotopic (exact) mass is 488 g/mol. The van der Waals surface area contributed by atoms with Crippen molar-refractivity contribution >= 4 is 23.4 Å². The van der Waals surface area contributed by atoms with Crippen LogP contribution in [0.25, 0.3) is 0 Å². The second kappa shape index (κ2) is 12.6. The highest BCUT2D eigenvalue weighted by molar-refractivity contribution is 6.30. The molecule has 182 valence electrons. The average Bonchev–Trinajstić information content (AvgIpc) is 3.67. The molecule has 1 fully saturated rings. The quantitative estimate of drug-likeness (QED) is 0.285. The van der Waals surface area contributed by atoms with Crippen LogP contribution in [0.3, 0.4) is 0 Å². The first kappa shape index (κ1) is 25.0. The summed E-state index contributed by atoms with van der Waals surface area (Å²) >= 11 is 5.94. The topological polar surface area (TPSA) is 58.2 Å². The molecular weight excluding hydrogens is 456 g/mol. The number of halogens is 1. The SMILES string of the molecule is O=C(N[C@@H](CCCCCC1CC1c1ccccc1)C(=O)NCc1ccccc1)c1ccc(Cl)cc1. The molecule has 0 saturated heterocycles. The van der Waals surface area contributed by atoms with Gasteiger partial charge in [0.1, 0.15) is 6.04 Å². The van der Waals surface area contributed by atoms with Crippen LogP contribution in [0.5, 0.6) is 0 Å². The second-order valence-corrected chi connectivity index (χ2v) is 9.82. The molecule has 3 aromatic carbocycles. The fourth-order valence-corrected chi connectivity index (χ4v) is 4.75. The van der Waals surface area contributed by atoms with E-state index in [-0.39, 0.29) is 11.8 Å². The number of amides is 2. The van der Waals surface area contributed by atoms with Gasteiger partial charge < -0.3 is 10.6 Å². The van der Waals surface area contributed by atoms with E-state index in [1.54, 1.807) is 24.3 Å². The third-order valence-electron chi connectivity index (χ3n) is 6.76. The Bertz CT molecular complexity index is 1090. The minimum atomic E-state index is -0.570. The highest BCUT2D eigenvalue weighted by Gasteiger charge is 2.37. The summed E-state index contributed by atoms with van der Waals surface area (Å²) in [6.45, 7) is 0.440. The van der Waals surface area contributed by atoms with Crippen LogP contribution in [0.2, 0.25) is 5.02 Å². The van der Waals surface area contributed by atoms with Crippen LogP contribution < -0.4 is 10.6 Å². The Balaban J connectivity index is 1.25. The van der Waals surface area contributed by atoms with Gasteiger partial charge >= 0.3 is 0 Å². The van der Waals surface area contributed by atoms with Gasteiger partial charge in [0.15, 0.2) is 0 Å². The maximum Gasteiger partial charge on any atom is 0.251 e. The van der Waals surface area contributed by atoms with Crippen LogP contribution in [0.4, 0.5) is 0 Å². The largest absolute Gasteiger partial charge is 0.350 e. The average molecular weight is 489 g/mol. The number of rotatable bonds is 12. The molecule has 0 spiro atoms. The van der Waals surface area contributed by atoms with Gasteiger partial charge in [-0.1, -0.05) is 91.5 Å². The lowest BCUT2D eigenvalue weighted by Gasteiger charge is -2.19. The molecule has 4 nitrogen and oxygen atoms in total. The Morgan fingerprint density at radius 1 is 0.857 bits per heavy atom. The number of hydrogen-bond donors (Lipinski definition) is 2. The fraction of sp³-hybridized carbons (Fsp3) is 0.333. The zero-order valence-electron chi connectivity index (χ0n) is 20.0. The van der Waals surface area contributed by atoms with E-state index in [1.807, 2.05) is 30.3 Å². The second-order valence-electron chi connectivity index (χ2n) is 9.39. The van der Waals surface area contributed by atoms with Crippen molar-refractivity contribution in [2.75, 3.05) is 0 Å². The molecule has 0 heterocycles. The molecule has 1 aliphatic carbocycles. The molecule has 1 aliphatic rings. The molecule has 2 N–H and O–H groups in total. The predicted molar refractivity (Wildman–Crippen MR) is 141 cm³/mol. The zero-order valence-corrected chi connectivity index (χ0v) is 20.7. The van der Waals surface area contributed by atoms with Crippen LogP contribution >= 0.6 is 11.6 Å². The van der Waals surface area contributed by atoms with Crippen molar-refractivity contribution in [3.05, 3.63) is 107 Å². The summed E-state index contributed by atoms with van der Waals surface area (Å²) in [5.74, 6) is 1.09. The Morgan fingerprint density at radius 3 is 2.26 bits per heavy atom. The first-order chi connectivity index (χ1) is 17.1. The van der Waals surface area contributed by atoms with E-state index in [1.165, 1.54) is 18.4 Å². The molecule has 0 radical (unpaired) electrons. The molecule has 35 heavy (non-hydrogen) atoms. The van der Waals surface area contributed by atoms with Gasteiger partial charge in [0, 0.05) is 17.1 Å².